The number of amides is 4. The van der Waals surface area contributed by atoms with Gasteiger partial charge in [-0.15, -0.1) is 0 Å². The van der Waals surface area contributed by atoms with Gasteiger partial charge in [0.1, 0.15) is 11.8 Å². The van der Waals surface area contributed by atoms with E-state index in [9.17, 15) is 19.2 Å². The van der Waals surface area contributed by atoms with Crippen LogP contribution in [0.4, 0.5) is 0 Å². The summed E-state index contributed by atoms with van der Waals surface area (Å²) in [5.41, 5.74) is 1.65. The summed E-state index contributed by atoms with van der Waals surface area (Å²) in [5.74, 6) is -0.301. The summed E-state index contributed by atoms with van der Waals surface area (Å²) in [7, 11) is 1.59. The van der Waals surface area contributed by atoms with Crippen LogP contribution in [0.5, 0.6) is 5.75 Å². The van der Waals surface area contributed by atoms with Crippen LogP contribution in [-0.4, -0.2) is 59.2 Å². The molecular formula is C29H35N3O5. The van der Waals surface area contributed by atoms with E-state index in [0.717, 1.165) is 31.2 Å². The van der Waals surface area contributed by atoms with Crippen LogP contribution in [0, 0.1) is 0 Å². The summed E-state index contributed by atoms with van der Waals surface area (Å²) in [5, 5.41) is 3.14. The number of nitrogens with one attached hydrogen (secondary N) is 1. The van der Waals surface area contributed by atoms with E-state index < -0.39 is 6.04 Å². The summed E-state index contributed by atoms with van der Waals surface area (Å²) in [6, 6.07) is 13.8. The standard InChI is InChI=1S/C29H35N3O5/c1-3-25(27(34)30-21-11-4-5-12-21)32(19-20-10-8-13-22(18-20)37-2)26(33)16-9-17-31-28(35)23-14-6-7-15-24(23)29(31)36/h6-8,10,13-15,18,21,25H,3-5,9,11-12,16-17,19H2,1-2H3,(H,30,34)/t25-/m1/s1. The summed E-state index contributed by atoms with van der Waals surface area (Å²) >= 11 is 0. The van der Waals surface area contributed by atoms with Crippen molar-refractivity contribution in [3.63, 3.8) is 0 Å². The lowest BCUT2D eigenvalue weighted by Crippen LogP contribution is -2.51. The van der Waals surface area contributed by atoms with Crippen LogP contribution in [0.1, 0.15) is 78.1 Å². The molecule has 8 heteroatoms. The molecule has 1 atom stereocenters. The molecule has 0 radical (unpaired) electrons. The first kappa shape index (κ1) is 26.4. The molecule has 1 aliphatic carbocycles. The fourth-order valence-electron chi connectivity index (χ4n) is 5.23. The molecule has 37 heavy (non-hydrogen) atoms. The zero-order valence-electron chi connectivity index (χ0n) is 21.6. The summed E-state index contributed by atoms with van der Waals surface area (Å²) in [4.78, 5) is 55.0. The minimum Gasteiger partial charge on any atom is -0.497 e. The molecule has 1 saturated carbocycles. The number of methoxy groups -OCH3 is 1. The molecule has 4 rings (SSSR count). The maximum absolute atomic E-state index is 13.5. The van der Waals surface area contributed by atoms with Gasteiger partial charge < -0.3 is 15.0 Å². The molecule has 196 valence electrons. The molecule has 0 spiro atoms. The number of fused-ring (bicyclic) bond motifs is 1. The van der Waals surface area contributed by atoms with E-state index in [0.29, 0.717) is 29.7 Å². The van der Waals surface area contributed by atoms with Crippen LogP contribution in [0.2, 0.25) is 0 Å². The molecule has 1 N–H and O–H groups in total. The molecule has 0 bridgehead atoms. The number of imide groups is 1. The lowest BCUT2D eigenvalue weighted by atomic mass is 10.1. The quantitative estimate of drug-likeness (QED) is 0.467. The van der Waals surface area contributed by atoms with E-state index in [1.54, 1.807) is 36.3 Å². The smallest absolute Gasteiger partial charge is 0.261 e. The second-order valence-corrected chi connectivity index (χ2v) is 9.70. The van der Waals surface area contributed by atoms with Crippen molar-refractivity contribution in [1.82, 2.24) is 15.1 Å². The third kappa shape index (κ3) is 6.01. The van der Waals surface area contributed by atoms with Crippen LogP contribution >= 0.6 is 0 Å². The maximum atomic E-state index is 13.5. The van der Waals surface area contributed by atoms with Crippen molar-refractivity contribution in [2.24, 2.45) is 0 Å². The maximum Gasteiger partial charge on any atom is 0.261 e. The minimum atomic E-state index is -0.612. The first-order valence-corrected chi connectivity index (χ1v) is 13.1. The average molecular weight is 506 g/mol. The van der Waals surface area contributed by atoms with Gasteiger partial charge in [-0.1, -0.05) is 44.0 Å². The number of hydrogen-bond acceptors (Lipinski definition) is 5. The van der Waals surface area contributed by atoms with E-state index >= 15 is 0 Å². The van der Waals surface area contributed by atoms with Crippen LogP contribution < -0.4 is 10.1 Å². The highest BCUT2D eigenvalue weighted by atomic mass is 16.5. The molecule has 1 fully saturated rings. The predicted molar refractivity (Wildman–Crippen MR) is 139 cm³/mol. The molecule has 2 aromatic carbocycles. The lowest BCUT2D eigenvalue weighted by Gasteiger charge is -2.32. The number of carbonyl (C=O) groups excluding carboxylic acids is 4. The summed E-state index contributed by atoms with van der Waals surface area (Å²) < 4.78 is 5.34. The largest absolute Gasteiger partial charge is 0.497 e. The first-order valence-electron chi connectivity index (χ1n) is 13.1. The molecule has 2 aliphatic rings. The Hall–Kier alpha value is -3.68. The normalized spacial score (nSPS) is 16.0. The second kappa shape index (κ2) is 12.0. The number of nitrogens with zero attached hydrogens (tertiary/aromatic N) is 2. The Bertz CT molecular complexity index is 1120. The minimum absolute atomic E-state index is 0.116. The van der Waals surface area contributed by atoms with Gasteiger partial charge in [-0.2, -0.15) is 0 Å². The van der Waals surface area contributed by atoms with Gasteiger partial charge >= 0.3 is 0 Å². The molecule has 4 amide bonds. The van der Waals surface area contributed by atoms with Crippen LogP contribution in [0.3, 0.4) is 0 Å². The van der Waals surface area contributed by atoms with Gasteiger partial charge in [0, 0.05) is 25.6 Å². The number of ether oxygens (including phenoxy) is 1. The Balaban J connectivity index is 1.45. The van der Waals surface area contributed by atoms with Crippen molar-refractivity contribution in [2.45, 2.75) is 70.5 Å². The van der Waals surface area contributed by atoms with Crippen molar-refractivity contribution in [2.75, 3.05) is 13.7 Å². The van der Waals surface area contributed by atoms with Gasteiger partial charge in [-0.05, 0) is 55.5 Å². The van der Waals surface area contributed by atoms with E-state index in [4.69, 9.17) is 4.74 Å². The molecule has 2 aromatic rings. The van der Waals surface area contributed by atoms with E-state index in [-0.39, 0.29) is 49.2 Å². The van der Waals surface area contributed by atoms with Crippen LogP contribution in [0.25, 0.3) is 0 Å². The highest BCUT2D eigenvalue weighted by Crippen LogP contribution is 2.24. The highest BCUT2D eigenvalue weighted by Gasteiger charge is 2.35. The number of benzene rings is 2. The van der Waals surface area contributed by atoms with E-state index in [1.165, 1.54) is 4.90 Å². The summed E-state index contributed by atoms with van der Waals surface area (Å²) in [6.07, 6.45) is 5.05. The third-order valence-corrected chi connectivity index (χ3v) is 7.23. The Morgan fingerprint density at radius 3 is 2.35 bits per heavy atom. The number of carbonyl (C=O) groups is 4. The zero-order chi connectivity index (χ0) is 26.4. The third-order valence-electron chi connectivity index (χ3n) is 7.23. The fraction of sp³-hybridized carbons (Fsp3) is 0.448. The zero-order valence-corrected chi connectivity index (χ0v) is 21.6. The van der Waals surface area contributed by atoms with Gasteiger partial charge in [0.2, 0.25) is 11.8 Å². The fourth-order valence-corrected chi connectivity index (χ4v) is 5.23. The van der Waals surface area contributed by atoms with E-state index in [1.807, 2.05) is 31.2 Å². The van der Waals surface area contributed by atoms with Crippen molar-refractivity contribution in [3.05, 3.63) is 65.2 Å². The van der Waals surface area contributed by atoms with E-state index in [2.05, 4.69) is 5.32 Å². The molecule has 0 saturated heterocycles. The van der Waals surface area contributed by atoms with Crippen LogP contribution in [0.15, 0.2) is 48.5 Å². The van der Waals surface area contributed by atoms with Gasteiger partial charge in [-0.3, -0.25) is 24.1 Å². The topological polar surface area (TPSA) is 96.0 Å². The van der Waals surface area contributed by atoms with Gasteiger partial charge in [0.25, 0.3) is 11.8 Å². The van der Waals surface area contributed by atoms with Crippen molar-refractivity contribution < 1.29 is 23.9 Å². The Labute approximate surface area is 218 Å². The molecule has 0 unspecified atom stereocenters. The molecule has 8 nitrogen and oxygen atoms in total. The monoisotopic (exact) mass is 505 g/mol. The summed E-state index contributed by atoms with van der Waals surface area (Å²) in [6.45, 7) is 2.32. The van der Waals surface area contributed by atoms with Gasteiger partial charge in [0.15, 0.2) is 0 Å². The van der Waals surface area contributed by atoms with Crippen molar-refractivity contribution in [3.8, 4) is 5.75 Å². The second-order valence-electron chi connectivity index (χ2n) is 9.70. The van der Waals surface area contributed by atoms with Crippen molar-refractivity contribution in [1.29, 1.82) is 0 Å². The first-order chi connectivity index (χ1) is 17.9. The van der Waals surface area contributed by atoms with Crippen LogP contribution in [-0.2, 0) is 16.1 Å². The molecule has 1 heterocycles. The molecule has 1 aliphatic heterocycles. The van der Waals surface area contributed by atoms with Gasteiger partial charge in [-0.25, -0.2) is 0 Å². The number of rotatable bonds is 11. The number of hydrogen-bond donors (Lipinski definition) is 1. The van der Waals surface area contributed by atoms with Crippen molar-refractivity contribution >= 4 is 23.6 Å². The predicted octanol–water partition coefficient (Wildman–Crippen LogP) is 3.94. The average Bonchev–Trinajstić information content (AvgIpc) is 3.51. The Morgan fingerprint density at radius 1 is 1.05 bits per heavy atom. The molecule has 0 aromatic heterocycles. The SMILES string of the molecule is CC[C@H](C(=O)NC1CCCC1)N(Cc1cccc(OC)c1)C(=O)CCCN1C(=O)c2ccccc2C1=O. The van der Waals surface area contributed by atoms with Gasteiger partial charge in [0.05, 0.1) is 18.2 Å². The molecular weight excluding hydrogens is 470 g/mol. The Kier molecular flexibility index (Phi) is 8.58. The lowest BCUT2D eigenvalue weighted by molar-refractivity contribution is -0.141. The highest BCUT2D eigenvalue weighted by molar-refractivity contribution is 6.21. The Morgan fingerprint density at radius 2 is 1.73 bits per heavy atom.